The number of anilines is 1. The van der Waals surface area contributed by atoms with Gasteiger partial charge in [-0.3, -0.25) is 0 Å². The van der Waals surface area contributed by atoms with Gasteiger partial charge in [0.1, 0.15) is 5.82 Å². The molecular weight excluding hydrogens is 486 g/mol. The molecule has 0 radical (unpaired) electrons. The number of guanidine groups is 1. The lowest BCUT2D eigenvalue weighted by Crippen LogP contribution is -2.37. The zero-order chi connectivity index (χ0) is 20.2. The molecule has 1 saturated heterocycles. The van der Waals surface area contributed by atoms with E-state index in [0.717, 1.165) is 50.7 Å². The molecule has 0 unspecified atom stereocenters. The fourth-order valence-corrected chi connectivity index (χ4v) is 3.20. The minimum atomic E-state index is -0.260. The van der Waals surface area contributed by atoms with Gasteiger partial charge < -0.3 is 25.4 Å². The molecule has 0 atom stereocenters. The highest BCUT2D eigenvalue weighted by Crippen LogP contribution is 2.24. The second kappa shape index (κ2) is 14.8. The molecule has 1 fully saturated rings. The van der Waals surface area contributed by atoms with Crippen LogP contribution in [0.4, 0.5) is 10.1 Å². The summed E-state index contributed by atoms with van der Waals surface area (Å²) in [5.41, 5.74) is 1.45. The molecule has 0 saturated carbocycles. The molecule has 1 heterocycles. The molecule has 1 aliphatic rings. The smallest absolute Gasteiger partial charge is 0.191 e. The highest BCUT2D eigenvalue weighted by molar-refractivity contribution is 14.0. The third kappa shape index (κ3) is 9.48. The number of unbranched alkanes of at least 4 members (excludes halogenated alkanes) is 1. The first-order chi connectivity index (χ1) is 13.6. The topological polar surface area (TPSA) is 69.1 Å². The zero-order valence-electron chi connectivity index (χ0n) is 17.6. The predicted molar refractivity (Wildman–Crippen MR) is 128 cm³/mol. The Morgan fingerprint density at radius 3 is 2.66 bits per heavy atom. The molecule has 1 aromatic rings. The van der Waals surface area contributed by atoms with Crippen LogP contribution in [-0.4, -0.2) is 56.6 Å². The number of ether oxygens (including phenoxy) is 1. The van der Waals surface area contributed by atoms with E-state index in [1.807, 2.05) is 30.9 Å². The molecule has 6 nitrogen and oxygen atoms in total. The third-order valence-electron chi connectivity index (χ3n) is 4.79. The number of halogens is 2. The summed E-state index contributed by atoms with van der Waals surface area (Å²) in [4.78, 5) is 6.56. The van der Waals surface area contributed by atoms with E-state index in [2.05, 4.69) is 15.6 Å². The van der Waals surface area contributed by atoms with E-state index in [9.17, 15) is 9.50 Å². The van der Waals surface area contributed by atoms with E-state index in [-0.39, 0.29) is 35.9 Å². The summed E-state index contributed by atoms with van der Waals surface area (Å²) >= 11 is 0. The maximum Gasteiger partial charge on any atom is 0.191 e. The molecule has 0 aliphatic carbocycles. The Balaban J connectivity index is 0.00000420. The molecule has 3 N–H and O–H groups in total. The van der Waals surface area contributed by atoms with Crippen molar-refractivity contribution in [2.24, 2.45) is 4.99 Å². The maximum atomic E-state index is 14.6. The van der Waals surface area contributed by atoms with Gasteiger partial charge in [-0.05, 0) is 57.2 Å². The van der Waals surface area contributed by atoms with Crippen molar-refractivity contribution in [3.63, 3.8) is 0 Å². The van der Waals surface area contributed by atoms with Crippen LogP contribution in [0.1, 0.15) is 45.1 Å². The number of aliphatic hydroxyl groups excluding tert-OH is 1. The van der Waals surface area contributed by atoms with Gasteiger partial charge >= 0.3 is 0 Å². The summed E-state index contributed by atoms with van der Waals surface area (Å²) in [6.07, 6.45) is 3.14. The van der Waals surface area contributed by atoms with E-state index >= 15 is 0 Å². The lowest BCUT2D eigenvalue weighted by Gasteiger charge is -2.31. The largest absolute Gasteiger partial charge is 0.393 e. The number of rotatable bonds is 10. The van der Waals surface area contributed by atoms with Gasteiger partial charge in [0, 0.05) is 39.4 Å². The van der Waals surface area contributed by atoms with E-state index in [0.29, 0.717) is 38.2 Å². The van der Waals surface area contributed by atoms with Crippen LogP contribution in [0.2, 0.25) is 0 Å². The van der Waals surface area contributed by atoms with Gasteiger partial charge in [0.25, 0.3) is 0 Å². The first-order valence-electron chi connectivity index (χ1n) is 10.4. The van der Waals surface area contributed by atoms with E-state index < -0.39 is 0 Å². The van der Waals surface area contributed by atoms with Gasteiger partial charge in [0.15, 0.2) is 5.96 Å². The molecule has 0 spiro atoms. The van der Waals surface area contributed by atoms with Gasteiger partial charge in [-0.2, -0.15) is 0 Å². The van der Waals surface area contributed by atoms with Crippen molar-refractivity contribution in [3.8, 4) is 0 Å². The molecule has 2 rings (SSSR count). The van der Waals surface area contributed by atoms with Crippen LogP contribution < -0.4 is 15.5 Å². The highest BCUT2D eigenvalue weighted by atomic mass is 127. The van der Waals surface area contributed by atoms with Crippen LogP contribution in [0.3, 0.4) is 0 Å². The Morgan fingerprint density at radius 1 is 1.24 bits per heavy atom. The van der Waals surface area contributed by atoms with Gasteiger partial charge in [0.05, 0.1) is 18.3 Å². The average Bonchev–Trinajstić information content (AvgIpc) is 2.69. The van der Waals surface area contributed by atoms with Crippen molar-refractivity contribution in [3.05, 3.63) is 29.6 Å². The number of piperidine rings is 1. The van der Waals surface area contributed by atoms with Crippen molar-refractivity contribution < 1.29 is 14.2 Å². The lowest BCUT2D eigenvalue weighted by molar-refractivity contribution is 0.143. The number of nitrogens with one attached hydrogen (secondary N) is 2. The molecule has 0 aromatic heterocycles. The molecule has 1 aromatic carbocycles. The van der Waals surface area contributed by atoms with Crippen molar-refractivity contribution in [2.75, 3.05) is 44.3 Å². The zero-order valence-corrected chi connectivity index (χ0v) is 20.0. The van der Waals surface area contributed by atoms with Crippen molar-refractivity contribution in [2.45, 2.75) is 52.2 Å². The lowest BCUT2D eigenvalue weighted by atomic mass is 10.1. The van der Waals surface area contributed by atoms with Crippen molar-refractivity contribution >= 4 is 35.6 Å². The van der Waals surface area contributed by atoms with Crippen LogP contribution in [0.5, 0.6) is 0 Å². The number of hydrogen-bond donors (Lipinski definition) is 3. The summed E-state index contributed by atoms with van der Waals surface area (Å²) < 4.78 is 19.9. The van der Waals surface area contributed by atoms with E-state index in [1.54, 1.807) is 6.07 Å². The Morgan fingerprint density at radius 2 is 2.00 bits per heavy atom. The van der Waals surface area contributed by atoms with Gasteiger partial charge in [-0.25, -0.2) is 9.38 Å². The summed E-state index contributed by atoms with van der Waals surface area (Å²) in [5, 5.41) is 16.1. The summed E-state index contributed by atoms with van der Waals surface area (Å²) in [6, 6.07) is 5.32. The fourth-order valence-electron chi connectivity index (χ4n) is 3.20. The minimum absolute atomic E-state index is 0. The average molecular weight is 522 g/mol. The molecular formula is C21H36FIN4O2. The molecule has 8 heteroatoms. The van der Waals surface area contributed by atoms with E-state index in [4.69, 9.17) is 4.74 Å². The number of hydrogen-bond acceptors (Lipinski definition) is 4. The van der Waals surface area contributed by atoms with E-state index in [1.165, 1.54) is 0 Å². The Labute approximate surface area is 191 Å². The standard InChI is InChI=1S/C21H35FN4O2.HI/c1-3-23-21(24-11-5-6-14-28-4-2)25-16-17-7-8-20(19(22)15-17)26-12-9-18(27)10-13-26;/h7-8,15,18,27H,3-6,9-14,16H2,1-2H3,(H2,23,24,25);1H. The molecule has 0 amide bonds. The first-order valence-corrected chi connectivity index (χ1v) is 10.4. The van der Waals surface area contributed by atoms with Crippen LogP contribution >= 0.6 is 24.0 Å². The predicted octanol–water partition coefficient (Wildman–Crippen LogP) is 3.28. The maximum absolute atomic E-state index is 14.6. The fraction of sp³-hybridized carbons (Fsp3) is 0.667. The number of aliphatic hydroxyl groups is 1. The Hall–Kier alpha value is -1.13. The van der Waals surface area contributed by atoms with Gasteiger partial charge in [-0.1, -0.05) is 6.07 Å². The quantitative estimate of drug-likeness (QED) is 0.191. The first kappa shape index (κ1) is 25.9. The minimum Gasteiger partial charge on any atom is -0.393 e. The van der Waals surface area contributed by atoms with Crippen molar-refractivity contribution in [1.82, 2.24) is 10.6 Å². The number of nitrogens with zero attached hydrogens (tertiary/aromatic N) is 2. The second-order valence-electron chi connectivity index (χ2n) is 7.03. The van der Waals surface area contributed by atoms with Crippen LogP contribution in [0.15, 0.2) is 23.2 Å². The molecule has 166 valence electrons. The third-order valence-corrected chi connectivity index (χ3v) is 4.79. The highest BCUT2D eigenvalue weighted by Gasteiger charge is 2.19. The second-order valence-corrected chi connectivity index (χ2v) is 7.03. The normalized spacial score (nSPS) is 15.2. The van der Waals surface area contributed by atoms with Crippen LogP contribution in [0, 0.1) is 5.82 Å². The summed E-state index contributed by atoms with van der Waals surface area (Å²) in [5.74, 6) is 0.520. The number of aliphatic imine (C=N–C) groups is 1. The van der Waals surface area contributed by atoms with Crippen LogP contribution in [-0.2, 0) is 11.3 Å². The Bertz CT molecular complexity index is 610. The summed E-state index contributed by atoms with van der Waals surface area (Å²) in [7, 11) is 0. The molecule has 1 aliphatic heterocycles. The van der Waals surface area contributed by atoms with Crippen molar-refractivity contribution in [1.29, 1.82) is 0 Å². The Kier molecular flexibility index (Phi) is 13.2. The van der Waals surface area contributed by atoms with Gasteiger partial charge in [0.2, 0.25) is 0 Å². The van der Waals surface area contributed by atoms with Gasteiger partial charge in [-0.15, -0.1) is 24.0 Å². The molecule has 29 heavy (non-hydrogen) atoms. The monoisotopic (exact) mass is 522 g/mol. The number of benzene rings is 1. The molecule has 0 bridgehead atoms. The summed E-state index contributed by atoms with van der Waals surface area (Å²) in [6.45, 7) is 8.97. The SMILES string of the molecule is CCNC(=NCc1ccc(N2CCC(O)CC2)c(F)c1)NCCCCOCC.I. The van der Waals surface area contributed by atoms with Crippen LogP contribution in [0.25, 0.3) is 0 Å².